The lowest BCUT2D eigenvalue weighted by Gasteiger charge is -2.27. The van der Waals surface area contributed by atoms with Crippen LogP contribution in [0.4, 0.5) is 0 Å². The van der Waals surface area contributed by atoms with Gasteiger partial charge in [-0.25, -0.2) is 4.79 Å². The summed E-state index contributed by atoms with van der Waals surface area (Å²) >= 11 is 0. The molecular weight excluding hydrogens is 348 g/mol. The van der Waals surface area contributed by atoms with Crippen LogP contribution in [-0.4, -0.2) is 32.0 Å². The van der Waals surface area contributed by atoms with Gasteiger partial charge in [-0.2, -0.15) is 0 Å². The molecule has 0 radical (unpaired) electrons. The fourth-order valence-electron chi connectivity index (χ4n) is 3.42. The molecule has 1 heterocycles. The van der Waals surface area contributed by atoms with Crippen molar-refractivity contribution in [2.75, 3.05) is 20.2 Å². The molecule has 1 aliphatic carbocycles. The number of ether oxygens (including phenoxy) is 1. The lowest BCUT2D eigenvalue weighted by molar-refractivity contribution is -0.126. The van der Waals surface area contributed by atoms with Crippen LogP contribution in [0.25, 0.3) is 11.0 Å². The number of carbonyl (C=O) groups excluding carboxylic acids is 2. The first kappa shape index (κ1) is 18.9. The number of hydrogen-bond acceptors (Lipinski definition) is 5. The monoisotopic (exact) mass is 372 g/mol. The number of nitrogens with one attached hydrogen (secondary N) is 2. The van der Waals surface area contributed by atoms with Crippen LogP contribution in [0.3, 0.4) is 0 Å². The van der Waals surface area contributed by atoms with E-state index in [2.05, 4.69) is 10.6 Å². The van der Waals surface area contributed by atoms with Gasteiger partial charge in [0.2, 0.25) is 5.91 Å². The number of benzene rings is 1. The van der Waals surface area contributed by atoms with E-state index in [0.29, 0.717) is 23.8 Å². The van der Waals surface area contributed by atoms with Gasteiger partial charge in [-0.3, -0.25) is 9.59 Å². The Morgan fingerprint density at radius 3 is 2.63 bits per heavy atom. The van der Waals surface area contributed by atoms with E-state index in [9.17, 15) is 14.4 Å². The van der Waals surface area contributed by atoms with Crippen molar-refractivity contribution in [2.45, 2.75) is 25.7 Å². The Labute approximate surface area is 157 Å². The highest BCUT2D eigenvalue weighted by Gasteiger charge is 2.25. The smallest absolute Gasteiger partial charge is 0.336 e. The van der Waals surface area contributed by atoms with Crippen molar-refractivity contribution in [1.82, 2.24) is 10.6 Å². The molecule has 1 aliphatic rings. The minimum absolute atomic E-state index is 0.0956. The summed E-state index contributed by atoms with van der Waals surface area (Å²) in [4.78, 5) is 34.9. The Bertz CT molecular complexity index is 868. The number of fused-ring (bicyclic) bond motifs is 1. The summed E-state index contributed by atoms with van der Waals surface area (Å²) in [5, 5.41) is 6.38. The zero-order valence-electron chi connectivity index (χ0n) is 15.3. The van der Waals surface area contributed by atoms with E-state index in [4.69, 9.17) is 9.15 Å². The van der Waals surface area contributed by atoms with E-state index in [1.165, 1.54) is 6.07 Å². The molecule has 0 bridgehead atoms. The molecule has 144 valence electrons. The first-order valence-corrected chi connectivity index (χ1v) is 9.20. The summed E-state index contributed by atoms with van der Waals surface area (Å²) in [6, 6.07) is 8.14. The summed E-state index contributed by atoms with van der Waals surface area (Å²) in [6.07, 6.45) is 3.59. The summed E-state index contributed by atoms with van der Waals surface area (Å²) < 4.78 is 10.6. The molecule has 1 aromatic heterocycles. The Hall–Kier alpha value is -2.83. The Balaban J connectivity index is 1.42. The topological polar surface area (TPSA) is 97.6 Å². The maximum absolute atomic E-state index is 12.0. The lowest BCUT2D eigenvalue weighted by Crippen LogP contribution is -2.36. The molecule has 2 aromatic rings. The van der Waals surface area contributed by atoms with E-state index in [-0.39, 0.29) is 24.3 Å². The fourth-order valence-corrected chi connectivity index (χ4v) is 3.42. The highest BCUT2D eigenvalue weighted by molar-refractivity contribution is 5.79. The van der Waals surface area contributed by atoms with Gasteiger partial charge in [-0.1, -0.05) is 0 Å². The molecule has 0 aliphatic heterocycles. The molecule has 0 atom stereocenters. The van der Waals surface area contributed by atoms with Gasteiger partial charge in [-0.15, -0.1) is 0 Å². The molecule has 27 heavy (non-hydrogen) atoms. The van der Waals surface area contributed by atoms with Gasteiger partial charge in [0.25, 0.3) is 5.91 Å². The van der Waals surface area contributed by atoms with E-state index < -0.39 is 5.63 Å². The van der Waals surface area contributed by atoms with Crippen molar-refractivity contribution in [3.05, 3.63) is 40.8 Å². The van der Waals surface area contributed by atoms with Gasteiger partial charge in [0.1, 0.15) is 11.3 Å². The van der Waals surface area contributed by atoms with Crippen LogP contribution in [0.5, 0.6) is 5.75 Å². The second-order valence-corrected chi connectivity index (χ2v) is 6.88. The molecule has 7 nitrogen and oxygen atoms in total. The summed E-state index contributed by atoms with van der Waals surface area (Å²) in [5.74, 6) is 0.872. The number of carbonyl (C=O) groups is 2. The van der Waals surface area contributed by atoms with Gasteiger partial charge < -0.3 is 19.8 Å². The van der Waals surface area contributed by atoms with Gasteiger partial charge in [0, 0.05) is 37.0 Å². The maximum Gasteiger partial charge on any atom is 0.336 e. The molecule has 0 spiro atoms. The summed E-state index contributed by atoms with van der Waals surface area (Å²) in [6.45, 7) is 0.491. The number of hydrogen-bond donors (Lipinski definition) is 2. The molecular formula is C20H24N2O5. The molecule has 2 N–H and O–H groups in total. The highest BCUT2D eigenvalue weighted by Crippen LogP contribution is 2.28. The minimum Gasteiger partial charge on any atom is -0.484 e. The van der Waals surface area contributed by atoms with E-state index in [0.717, 1.165) is 31.1 Å². The quantitative estimate of drug-likeness (QED) is 0.754. The van der Waals surface area contributed by atoms with E-state index in [1.807, 2.05) is 0 Å². The molecule has 0 saturated heterocycles. The van der Waals surface area contributed by atoms with Crippen molar-refractivity contribution >= 4 is 22.8 Å². The Morgan fingerprint density at radius 1 is 1.15 bits per heavy atom. The molecule has 7 heteroatoms. The molecule has 3 rings (SSSR count). The predicted octanol–water partition coefficient (Wildman–Crippen LogP) is 1.84. The third kappa shape index (κ3) is 5.09. The number of amides is 2. The number of rotatable bonds is 6. The average molecular weight is 372 g/mol. The maximum atomic E-state index is 12.0. The van der Waals surface area contributed by atoms with Crippen molar-refractivity contribution in [3.8, 4) is 5.75 Å². The van der Waals surface area contributed by atoms with Crippen LogP contribution < -0.4 is 21.0 Å². The van der Waals surface area contributed by atoms with Gasteiger partial charge in [0.05, 0.1) is 0 Å². The Kier molecular flexibility index (Phi) is 6.11. The molecule has 0 unspecified atom stereocenters. The van der Waals surface area contributed by atoms with Crippen molar-refractivity contribution in [1.29, 1.82) is 0 Å². The van der Waals surface area contributed by atoms with Crippen LogP contribution in [0.1, 0.15) is 25.7 Å². The van der Waals surface area contributed by atoms with Crippen LogP contribution >= 0.6 is 0 Å². The standard InChI is InChI=1S/C20H24N2O5/c1-21-20(25)15-4-2-13(3-5-15)11-22-18(23)12-26-16-8-6-14-7-9-19(24)27-17(14)10-16/h6-10,13,15H,2-5,11-12H2,1H3,(H,21,25)(H,22,23). The average Bonchev–Trinajstić information content (AvgIpc) is 2.70. The van der Waals surface area contributed by atoms with Crippen molar-refractivity contribution in [3.63, 3.8) is 0 Å². The summed E-state index contributed by atoms with van der Waals surface area (Å²) in [5.41, 5.74) is -0.00295. The van der Waals surface area contributed by atoms with Crippen LogP contribution in [0.2, 0.25) is 0 Å². The fraction of sp³-hybridized carbons (Fsp3) is 0.450. The van der Waals surface area contributed by atoms with Crippen LogP contribution in [0.15, 0.2) is 39.5 Å². The van der Waals surface area contributed by atoms with Crippen molar-refractivity contribution in [2.24, 2.45) is 11.8 Å². The molecule has 2 amide bonds. The van der Waals surface area contributed by atoms with Crippen molar-refractivity contribution < 1.29 is 18.7 Å². The minimum atomic E-state index is -0.427. The van der Waals surface area contributed by atoms with Crippen LogP contribution in [-0.2, 0) is 9.59 Å². The van der Waals surface area contributed by atoms with Gasteiger partial charge in [-0.05, 0) is 49.8 Å². The zero-order valence-corrected chi connectivity index (χ0v) is 15.3. The lowest BCUT2D eigenvalue weighted by atomic mass is 9.81. The molecule has 1 saturated carbocycles. The van der Waals surface area contributed by atoms with Gasteiger partial charge in [0.15, 0.2) is 6.61 Å². The highest BCUT2D eigenvalue weighted by atomic mass is 16.5. The first-order valence-electron chi connectivity index (χ1n) is 9.20. The van der Waals surface area contributed by atoms with Gasteiger partial charge >= 0.3 is 5.63 Å². The molecule has 1 aromatic carbocycles. The van der Waals surface area contributed by atoms with E-state index >= 15 is 0 Å². The Morgan fingerprint density at radius 2 is 1.89 bits per heavy atom. The predicted molar refractivity (Wildman–Crippen MR) is 101 cm³/mol. The second kappa shape index (κ2) is 8.70. The third-order valence-corrected chi connectivity index (χ3v) is 5.02. The van der Waals surface area contributed by atoms with E-state index in [1.54, 1.807) is 31.3 Å². The zero-order chi connectivity index (χ0) is 19.2. The summed E-state index contributed by atoms with van der Waals surface area (Å²) in [7, 11) is 1.66. The normalized spacial score (nSPS) is 19.4. The third-order valence-electron chi connectivity index (χ3n) is 5.02. The SMILES string of the molecule is CNC(=O)C1CCC(CNC(=O)COc2ccc3ccc(=O)oc3c2)CC1. The second-order valence-electron chi connectivity index (χ2n) is 6.88. The molecule has 1 fully saturated rings. The largest absolute Gasteiger partial charge is 0.484 e. The first-order chi connectivity index (χ1) is 13.0. The van der Waals surface area contributed by atoms with Crippen LogP contribution in [0, 0.1) is 11.8 Å².